The second-order valence-electron chi connectivity index (χ2n) is 10.6. The molecule has 1 saturated heterocycles. The van der Waals surface area contributed by atoms with Gasteiger partial charge in [0.05, 0.1) is 11.3 Å². The molecule has 3 aromatic rings. The van der Waals surface area contributed by atoms with Crippen molar-refractivity contribution in [1.29, 1.82) is 5.26 Å². The van der Waals surface area contributed by atoms with Crippen molar-refractivity contribution in [3.05, 3.63) is 78.1 Å². The number of carbonyl (C=O) groups is 1. The van der Waals surface area contributed by atoms with E-state index in [-0.39, 0.29) is 22.8 Å². The molecular formula is C28H29N3O. The molecule has 2 aromatic carbocycles. The number of rotatable bonds is 3. The maximum absolute atomic E-state index is 14.0. The quantitative estimate of drug-likeness (QED) is 0.514. The molecule has 4 nitrogen and oxygen atoms in total. The number of carbonyl (C=O) groups excluding carboxylic acids is 1. The monoisotopic (exact) mass is 423 g/mol. The van der Waals surface area contributed by atoms with Gasteiger partial charge in [0.2, 0.25) is 0 Å². The number of hydrogen-bond donors (Lipinski definition) is 0. The summed E-state index contributed by atoms with van der Waals surface area (Å²) in [6.45, 7) is 7.69. The zero-order valence-electron chi connectivity index (χ0n) is 19.0. The van der Waals surface area contributed by atoms with Gasteiger partial charge < -0.3 is 9.47 Å². The molecule has 4 heteroatoms. The molecule has 2 heterocycles. The van der Waals surface area contributed by atoms with Gasteiger partial charge in [0.25, 0.3) is 5.91 Å². The van der Waals surface area contributed by atoms with Crippen LogP contribution in [0, 0.1) is 22.2 Å². The van der Waals surface area contributed by atoms with Gasteiger partial charge in [0.15, 0.2) is 0 Å². The minimum Gasteiger partial charge on any atom is -0.334 e. The predicted octanol–water partition coefficient (Wildman–Crippen LogP) is 6.06. The van der Waals surface area contributed by atoms with E-state index in [0.29, 0.717) is 11.3 Å². The molecule has 2 bridgehead atoms. The summed E-state index contributed by atoms with van der Waals surface area (Å²) in [6.07, 6.45) is 5.05. The summed E-state index contributed by atoms with van der Waals surface area (Å²) in [7, 11) is 0. The van der Waals surface area contributed by atoms with Crippen molar-refractivity contribution in [3.8, 4) is 22.9 Å². The van der Waals surface area contributed by atoms with Gasteiger partial charge in [-0.2, -0.15) is 5.26 Å². The molecule has 0 spiro atoms. The van der Waals surface area contributed by atoms with Crippen LogP contribution in [0.2, 0.25) is 0 Å². The largest absolute Gasteiger partial charge is 0.334 e. The number of para-hydroxylation sites is 1. The first-order valence-electron chi connectivity index (χ1n) is 11.4. The third kappa shape index (κ3) is 3.42. The molecular weight excluding hydrogens is 394 g/mol. The zero-order chi connectivity index (χ0) is 22.5. The molecule has 2 aliphatic rings. The van der Waals surface area contributed by atoms with E-state index in [0.717, 1.165) is 42.6 Å². The van der Waals surface area contributed by atoms with Gasteiger partial charge in [-0.3, -0.25) is 4.79 Å². The second-order valence-corrected chi connectivity index (χ2v) is 10.6. The molecule has 0 N–H and O–H groups in total. The number of nitrogens with zero attached hydrogens (tertiary/aromatic N) is 3. The molecule has 0 radical (unpaired) electrons. The Morgan fingerprint density at radius 2 is 1.72 bits per heavy atom. The topological polar surface area (TPSA) is 49.0 Å². The Balaban J connectivity index is 1.60. The van der Waals surface area contributed by atoms with Crippen LogP contribution in [0.4, 0.5) is 0 Å². The molecule has 1 aliphatic heterocycles. The summed E-state index contributed by atoms with van der Waals surface area (Å²) in [5.74, 6) is -0.0270. The van der Waals surface area contributed by atoms with Crippen molar-refractivity contribution < 1.29 is 4.79 Å². The van der Waals surface area contributed by atoms with E-state index >= 15 is 0 Å². The molecule has 32 heavy (non-hydrogen) atoms. The van der Waals surface area contributed by atoms with E-state index in [1.807, 2.05) is 52.1 Å². The lowest BCUT2D eigenvalue weighted by Gasteiger charge is -2.39. The van der Waals surface area contributed by atoms with Crippen LogP contribution >= 0.6 is 0 Å². The summed E-state index contributed by atoms with van der Waals surface area (Å²) in [4.78, 5) is 16.0. The van der Waals surface area contributed by atoms with E-state index in [2.05, 4.69) is 45.0 Å². The van der Waals surface area contributed by atoms with E-state index in [9.17, 15) is 10.1 Å². The highest BCUT2D eigenvalue weighted by atomic mass is 16.2. The number of amides is 1. The van der Waals surface area contributed by atoms with Crippen LogP contribution < -0.4 is 0 Å². The van der Waals surface area contributed by atoms with Crippen LogP contribution in [0.15, 0.2) is 66.9 Å². The van der Waals surface area contributed by atoms with E-state index < -0.39 is 0 Å². The van der Waals surface area contributed by atoms with Crippen LogP contribution in [-0.2, 0) is 0 Å². The van der Waals surface area contributed by atoms with Gasteiger partial charge in [0, 0.05) is 24.3 Å². The number of fused-ring (bicyclic) bond motifs is 2. The van der Waals surface area contributed by atoms with Gasteiger partial charge >= 0.3 is 0 Å². The summed E-state index contributed by atoms with van der Waals surface area (Å²) < 4.78 is 1.92. The molecule has 1 aliphatic carbocycles. The Hall–Kier alpha value is -3.32. The molecule has 162 valence electrons. The molecule has 1 aromatic heterocycles. The van der Waals surface area contributed by atoms with Crippen LogP contribution in [0.25, 0.3) is 16.8 Å². The fourth-order valence-corrected chi connectivity index (χ4v) is 6.32. The third-order valence-electron chi connectivity index (χ3n) is 7.13. The molecule has 2 unspecified atom stereocenters. The van der Waals surface area contributed by atoms with Crippen LogP contribution in [0.1, 0.15) is 56.1 Å². The molecule has 1 amide bonds. The summed E-state index contributed by atoms with van der Waals surface area (Å²) in [6, 6.07) is 22.5. The van der Waals surface area contributed by atoms with Crippen LogP contribution in [0.5, 0.6) is 0 Å². The fourth-order valence-electron chi connectivity index (χ4n) is 6.32. The van der Waals surface area contributed by atoms with Crippen molar-refractivity contribution in [3.63, 3.8) is 0 Å². The van der Waals surface area contributed by atoms with Crippen molar-refractivity contribution in [2.45, 2.75) is 46.1 Å². The normalized spacial score (nSPS) is 23.7. The molecule has 1 saturated carbocycles. The van der Waals surface area contributed by atoms with Gasteiger partial charge in [-0.15, -0.1) is 0 Å². The highest BCUT2D eigenvalue weighted by molar-refractivity contribution is 5.97. The first-order valence-corrected chi connectivity index (χ1v) is 11.4. The van der Waals surface area contributed by atoms with Crippen molar-refractivity contribution in [1.82, 2.24) is 9.47 Å². The Kier molecular flexibility index (Phi) is 4.74. The lowest BCUT2D eigenvalue weighted by molar-refractivity contribution is 0.0700. The van der Waals surface area contributed by atoms with Crippen molar-refractivity contribution in [2.24, 2.45) is 10.8 Å². The van der Waals surface area contributed by atoms with Gasteiger partial charge in [-0.25, -0.2) is 0 Å². The molecule has 2 atom stereocenters. The number of likely N-dealkylation sites (tertiary alicyclic amines) is 1. The standard InChI is InChI=1S/C28H29N3O/c1-27(2)15-22-16-28(3,18-27)19-31(22)26(32)25-21(17-29)13-14-30(25)24-12-8-7-11-23(24)20-9-5-4-6-10-20/h4-14,22H,15-16,18-19H2,1-3H3. The average Bonchev–Trinajstić information content (AvgIpc) is 3.31. The highest BCUT2D eigenvalue weighted by Gasteiger charge is 2.51. The summed E-state index contributed by atoms with van der Waals surface area (Å²) in [5.41, 5.74) is 4.32. The molecule has 2 fully saturated rings. The zero-order valence-corrected chi connectivity index (χ0v) is 19.0. The summed E-state index contributed by atoms with van der Waals surface area (Å²) >= 11 is 0. The Bertz CT molecular complexity index is 1220. The van der Waals surface area contributed by atoms with Gasteiger partial charge in [0.1, 0.15) is 11.8 Å². The number of benzene rings is 2. The maximum Gasteiger partial charge on any atom is 0.272 e. The third-order valence-corrected chi connectivity index (χ3v) is 7.13. The lowest BCUT2D eigenvalue weighted by Crippen LogP contribution is -2.38. The van der Waals surface area contributed by atoms with Crippen LogP contribution in [-0.4, -0.2) is 28.0 Å². The Morgan fingerprint density at radius 1 is 1.00 bits per heavy atom. The van der Waals surface area contributed by atoms with Crippen LogP contribution in [0.3, 0.4) is 0 Å². The maximum atomic E-state index is 14.0. The highest BCUT2D eigenvalue weighted by Crippen LogP contribution is 2.52. The van der Waals surface area contributed by atoms with E-state index in [1.165, 1.54) is 0 Å². The number of nitriles is 1. The predicted molar refractivity (Wildman–Crippen MR) is 126 cm³/mol. The molecule has 5 rings (SSSR count). The Labute approximate surface area is 190 Å². The lowest BCUT2D eigenvalue weighted by atomic mass is 9.65. The fraction of sp³-hybridized carbons (Fsp3) is 0.357. The first kappa shape index (κ1) is 20.6. The smallest absolute Gasteiger partial charge is 0.272 e. The van der Waals surface area contributed by atoms with Gasteiger partial charge in [-0.05, 0) is 47.8 Å². The Morgan fingerprint density at radius 3 is 2.47 bits per heavy atom. The number of aromatic nitrogens is 1. The minimum absolute atomic E-state index is 0.0270. The van der Waals surface area contributed by atoms with E-state index in [1.54, 1.807) is 6.07 Å². The average molecular weight is 424 g/mol. The SMILES string of the molecule is CC1(C)CC2CC(C)(CN2C(=O)c2c(C#N)ccn2-c2ccccc2-c2ccccc2)C1. The first-order chi connectivity index (χ1) is 15.3. The van der Waals surface area contributed by atoms with E-state index in [4.69, 9.17) is 0 Å². The summed E-state index contributed by atoms with van der Waals surface area (Å²) in [5, 5.41) is 9.84. The van der Waals surface area contributed by atoms with Gasteiger partial charge in [-0.1, -0.05) is 69.3 Å². The second kappa shape index (κ2) is 7.38. The van der Waals surface area contributed by atoms with Crippen molar-refractivity contribution in [2.75, 3.05) is 6.54 Å². The van der Waals surface area contributed by atoms with Crippen molar-refractivity contribution >= 4 is 5.91 Å². The minimum atomic E-state index is -0.0270. The number of hydrogen-bond acceptors (Lipinski definition) is 2.